The SMILES string of the molecule is COc1cccc([C@@H](N)[C@@H](C)O)c1. The van der Waals surface area contributed by atoms with Gasteiger partial charge < -0.3 is 15.6 Å². The van der Waals surface area contributed by atoms with Gasteiger partial charge in [0, 0.05) is 0 Å². The van der Waals surface area contributed by atoms with Crippen LogP contribution in [0.2, 0.25) is 0 Å². The van der Waals surface area contributed by atoms with E-state index in [0.717, 1.165) is 11.3 Å². The molecular weight excluding hydrogens is 166 g/mol. The zero-order valence-electron chi connectivity index (χ0n) is 7.90. The number of aliphatic hydroxyl groups is 1. The van der Waals surface area contributed by atoms with E-state index in [0.29, 0.717) is 0 Å². The summed E-state index contributed by atoms with van der Waals surface area (Å²) < 4.78 is 5.05. The molecule has 0 aliphatic heterocycles. The summed E-state index contributed by atoms with van der Waals surface area (Å²) in [5.74, 6) is 0.758. The number of hydrogen-bond acceptors (Lipinski definition) is 3. The number of benzene rings is 1. The van der Waals surface area contributed by atoms with Gasteiger partial charge in [-0.05, 0) is 24.6 Å². The molecule has 3 nitrogen and oxygen atoms in total. The molecule has 13 heavy (non-hydrogen) atoms. The number of nitrogens with two attached hydrogens (primary N) is 1. The van der Waals surface area contributed by atoms with Crippen molar-refractivity contribution in [1.29, 1.82) is 0 Å². The van der Waals surface area contributed by atoms with E-state index < -0.39 is 6.10 Å². The molecule has 3 heteroatoms. The Morgan fingerprint density at radius 3 is 2.69 bits per heavy atom. The molecule has 72 valence electrons. The molecule has 0 saturated heterocycles. The summed E-state index contributed by atoms with van der Waals surface area (Å²) in [6.45, 7) is 1.67. The molecule has 2 atom stereocenters. The Labute approximate surface area is 78.1 Å². The number of methoxy groups -OCH3 is 1. The van der Waals surface area contributed by atoms with Gasteiger partial charge in [0.05, 0.1) is 19.3 Å². The Balaban J connectivity index is 2.88. The first kappa shape index (κ1) is 10.0. The lowest BCUT2D eigenvalue weighted by Gasteiger charge is -2.15. The number of hydrogen-bond donors (Lipinski definition) is 2. The van der Waals surface area contributed by atoms with E-state index in [1.54, 1.807) is 14.0 Å². The molecule has 0 bridgehead atoms. The molecule has 0 aliphatic carbocycles. The second kappa shape index (κ2) is 4.25. The van der Waals surface area contributed by atoms with Crippen molar-refractivity contribution in [3.8, 4) is 5.75 Å². The fourth-order valence-electron chi connectivity index (χ4n) is 1.13. The van der Waals surface area contributed by atoms with Gasteiger partial charge >= 0.3 is 0 Å². The first-order chi connectivity index (χ1) is 6.15. The maximum atomic E-state index is 9.27. The van der Waals surface area contributed by atoms with E-state index in [2.05, 4.69) is 0 Å². The molecule has 0 unspecified atom stereocenters. The maximum Gasteiger partial charge on any atom is 0.119 e. The number of aliphatic hydroxyl groups excluding tert-OH is 1. The molecule has 1 aromatic carbocycles. The van der Waals surface area contributed by atoms with Crippen LogP contribution in [0, 0.1) is 0 Å². The highest BCUT2D eigenvalue weighted by Gasteiger charge is 2.11. The molecule has 1 rings (SSSR count). The Morgan fingerprint density at radius 1 is 1.46 bits per heavy atom. The molecular formula is C10H15NO2. The molecule has 0 aliphatic rings. The normalized spacial score (nSPS) is 15.1. The third-order valence-corrected chi connectivity index (χ3v) is 2.00. The second-order valence-corrected chi connectivity index (χ2v) is 3.04. The smallest absolute Gasteiger partial charge is 0.119 e. The van der Waals surface area contributed by atoms with Crippen molar-refractivity contribution in [2.45, 2.75) is 19.1 Å². The van der Waals surface area contributed by atoms with E-state index in [4.69, 9.17) is 10.5 Å². The first-order valence-corrected chi connectivity index (χ1v) is 4.22. The van der Waals surface area contributed by atoms with Crippen LogP contribution in [0.4, 0.5) is 0 Å². The van der Waals surface area contributed by atoms with Gasteiger partial charge in [0.25, 0.3) is 0 Å². The molecule has 0 amide bonds. The quantitative estimate of drug-likeness (QED) is 0.733. The van der Waals surface area contributed by atoms with Crippen molar-refractivity contribution in [3.63, 3.8) is 0 Å². The zero-order chi connectivity index (χ0) is 9.84. The second-order valence-electron chi connectivity index (χ2n) is 3.04. The Morgan fingerprint density at radius 2 is 2.15 bits per heavy atom. The predicted octanol–water partition coefficient (Wildman–Crippen LogP) is 1.08. The van der Waals surface area contributed by atoms with Gasteiger partial charge in [0.1, 0.15) is 5.75 Å². The predicted molar refractivity (Wildman–Crippen MR) is 51.6 cm³/mol. The van der Waals surface area contributed by atoms with Gasteiger partial charge in [-0.25, -0.2) is 0 Å². The highest BCUT2D eigenvalue weighted by Crippen LogP contribution is 2.19. The first-order valence-electron chi connectivity index (χ1n) is 4.22. The number of ether oxygens (including phenoxy) is 1. The van der Waals surface area contributed by atoms with Gasteiger partial charge in [0.15, 0.2) is 0 Å². The van der Waals surface area contributed by atoms with Crippen molar-refractivity contribution >= 4 is 0 Å². The van der Waals surface area contributed by atoms with Gasteiger partial charge in [0.2, 0.25) is 0 Å². The van der Waals surface area contributed by atoms with Gasteiger partial charge in [-0.15, -0.1) is 0 Å². The Kier molecular flexibility index (Phi) is 3.28. The van der Waals surface area contributed by atoms with E-state index in [9.17, 15) is 5.11 Å². The summed E-state index contributed by atoms with van der Waals surface area (Å²) in [7, 11) is 1.60. The monoisotopic (exact) mass is 181 g/mol. The summed E-state index contributed by atoms with van der Waals surface area (Å²) in [6.07, 6.45) is -0.549. The fraction of sp³-hybridized carbons (Fsp3) is 0.400. The van der Waals surface area contributed by atoms with Crippen LogP contribution < -0.4 is 10.5 Å². The molecule has 0 radical (unpaired) electrons. The lowest BCUT2D eigenvalue weighted by atomic mass is 10.0. The average molecular weight is 181 g/mol. The third kappa shape index (κ3) is 2.44. The van der Waals surface area contributed by atoms with E-state index in [1.807, 2.05) is 24.3 Å². The summed E-state index contributed by atoms with van der Waals surface area (Å²) >= 11 is 0. The summed E-state index contributed by atoms with van der Waals surface area (Å²) in [4.78, 5) is 0. The van der Waals surface area contributed by atoms with Gasteiger partial charge in [-0.1, -0.05) is 12.1 Å². The highest BCUT2D eigenvalue weighted by atomic mass is 16.5. The van der Waals surface area contributed by atoms with Crippen molar-refractivity contribution in [1.82, 2.24) is 0 Å². The maximum absolute atomic E-state index is 9.27. The third-order valence-electron chi connectivity index (χ3n) is 2.00. The van der Waals surface area contributed by atoms with Crippen molar-refractivity contribution in [2.24, 2.45) is 5.73 Å². The molecule has 0 spiro atoms. The topological polar surface area (TPSA) is 55.5 Å². The Hall–Kier alpha value is -1.06. The highest BCUT2D eigenvalue weighted by molar-refractivity contribution is 5.30. The van der Waals surface area contributed by atoms with E-state index >= 15 is 0 Å². The van der Waals surface area contributed by atoms with Crippen LogP contribution in [0.5, 0.6) is 5.75 Å². The zero-order valence-corrected chi connectivity index (χ0v) is 7.90. The van der Waals surface area contributed by atoms with E-state index in [-0.39, 0.29) is 6.04 Å². The lowest BCUT2D eigenvalue weighted by molar-refractivity contribution is 0.164. The fourth-order valence-corrected chi connectivity index (χ4v) is 1.13. The molecule has 3 N–H and O–H groups in total. The standard InChI is InChI=1S/C10H15NO2/c1-7(12)10(11)8-4-3-5-9(6-8)13-2/h3-7,10,12H,11H2,1-2H3/t7-,10+/m1/s1. The number of rotatable bonds is 3. The largest absolute Gasteiger partial charge is 0.497 e. The summed E-state index contributed by atoms with van der Waals surface area (Å²) in [6, 6.07) is 7.06. The van der Waals surface area contributed by atoms with Crippen LogP contribution in [0.1, 0.15) is 18.5 Å². The lowest BCUT2D eigenvalue weighted by Crippen LogP contribution is -2.22. The average Bonchev–Trinajstić information content (AvgIpc) is 2.16. The molecule has 0 fully saturated rings. The molecule has 0 aromatic heterocycles. The van der Waals surface area contributed by atoms with Crippen LogP contribution in [0.25, 0.3) is 0 Å². The van der Waals surface area contributed by atoms with Gasteiger partial charge in [-0.3, -0.25) is 0 Å². The van der Waals surface area contributed by atoms with Crippen LogP contribution in [-0.2, 0) is 0 Å². The summed E-state index contributed by atoms with van der Waals surface area (Å²) in [5, 5.41) is 9.27. The van der Waals surface area contributed by atoms with Crippen molar-refractivity contribution in [3.05, 3.63) is 29.8 Å². The molecule has 0 heterocycles. The van der Waals surface area contributed by atoms with Crippen molar-refractivity contribution < 1.29 is 9.84 Å². The minimum atomic E-state index is -0.549. The minimum absolute atomic E-state index is 0.352. The van der Waals surface area contributed by atoms with Crippen LogP contribution in [0.15, 0.2) is 24.3 Å². The summed E-state index contributed by atoms with van der Waals surface area (Å²) in [5.41, 5.74) is 6.64. The molecule has 1 aromatic rings. The van der Waals surface area contributed by atoms with Crippen LogP contribution in [-0.4, -0.2) is 18.3 Å². The minimum Gasteiger partial charge on any atom is -0.497 e. The van der Waals surface area contributed by atoms with Crippen molar-refractivity contribution in [2.75, 3.05) is 7.11 Å². The molecule has 0 saturated carbocycles. The van der Waals surface area contributed by atoms with Crippen LogP contribution >= 0.6 is 0 Å². The van der Waals surface area contributed by atoms with E-state index in [1.165, 1.54) is 0 Å². The van der Waals surface area contributed by atoms with Crippen LogP contribution in [0.3, 0.4) is 0 Å². The van der Waals surface area contributed by atoms with Gasteiger partial charge in [-0.2, -0.15) is 0 Å². The Bertz CT molecular complexity index is 273.